The quantitative estimate of drug-likeness (QED) is 0.548. The fourth-order valence-electron chi connectivity index (χ4n) is 1.52. The van der Waals surface area contributed by atoms with Gasteiger partial charge in [-0.15, -0.1) is 0 Å². The van der Waals surface area contributed by atoms with Crippen molar-refractivity contribution in [3.8, 4) is 0 Å². The third-order valence-corrected chi connectivity index (χ3v) is 2.07. The molecule has 0 aliphatic carbocycles. The average Bonchev–Trinajstić information content (AvgIpc) is 2.04. The van der Waals surface area contributed by atoms with Gasteiger partial charge in [0.25, 0.3) is 0 Å². The van der Waals surface area contributed by atoms with E-state index in [1.807, 2.05) is 25.1 Å². The van der Waals surface area contributed by atoms with Gasteiger partial charge in [-0.3, -0.25) is 4.99 Å². The fraction of sp³-hybridized carbons (Fsp3) is 0.182. The summed E-state index contributed by atoms with van der Waals surface area (Å²) in [5, 5.41) is 0. The maximum absolute atomic E-state index is 4.45. The highest BCUT2D eigenvalue weighted by Crippen LogP contribution is 2.31. The van der Waals surface area contributed by atoms with Crippen molar-refractivity contribution in [1.29, 1.82) is 0 Å². The van der Waals surface area contributed by atoms with E-state index in [-0.39, 0.29) is 0 Å². The molecule has 1 aliphatic rings. The molecule has 0 saturated heterocycles. The van der Waals surface area contributed by atoms with Crippen LogP contribution in [-0.2, 0) is 0 Å². The van der Waals surface area contributed by atoms with Crippen LogP contribution in [0, 0.1) is 0 Å². The first kappa shape index (κ1) is 7.29. The summed E-state index contributed by atoms with van der Waals surface area (Å²) in [6, 6.07) is 8.14. The second kappa shape index (κ2) is 2.59. The van der Waals surface area contributed by atoms with Crippen molar-refractivity contribution in [2.75, 3.05) is 0 Å². The Morgan fingerprint density at radius 3 is 2.92 bits per heavy atom. The molecule has 2 rings (SSSR count). The molecule has 60 valence electrons. The number of hydrogen-bond donors (Lipinski definition) is 0. The Labute approximate surface area is 72.5 Å². The summed E-state index contributed by atoms with van der Waals surface area (Å²) in [6.07, 6.45) is 0.914. The molecule has 1 aliphatic heterocycles. The molecule has 1 nitrogen and oxygen atoms in total. The molecule has 1 aromatic carbocycles. The first-order valence-electron chi connectivity index (χ1n) is 4.09. The van der Waals surface area contributed by atoms with Gasteiger partial charge in [0, 0.05) is 17.7 Å². The van der Waals surface area contributed by atoms with Crippen molar-refractivity contribution in [1.82, 2.24) is 0 Å². The molecular weight excluding hydrogens is 146 g/mol. The van der Waals surface area contributed by atoms with Crippen LogP contribution >= 0.6 is 0 Å². The zero-order valence-corrected chi connectivity index (χ0v) is 7.17. The van der Waals surface area contributed by atoms with Gasteiger partial charge in [0.15, 0.2) is 0 Å². The van der Waals surface area contributed by atoms with Gasteiger partial charge in [-0.05, 0) is 18.6 Å². The largest absolute Gasteiger partial charge is 0.257 e. The van der Waals surface area contributed by atoms with Crippen LogP contribution in [0.5, 0.6) is 0 Å². The van der Waals surface area contributed by atoms with E-state index in [2.05, 4.69) is 17.6 Å². The maximum Gasteiger partial charge on any atom is 0.0704 e. The third-order valence-electron chi connectivity index (χ3n) is 2.07. The van der Waals surface area contributed by atoms with Gasteiger partial charge in [-0.25, -0.2) is 0 Å². The van der Waals surface area contributed by atoms with Gasteiger partial charge in [0.1, 0.15) is 0 Å². The van der Waals surface area contributed by atoms with Crippen molar-refractivity contribution in [3.63, 3.8) is 0 Å². The molecule has 0 amide bonds. The van der Waals surface area contributed by atoms with E-state index < -0.39 is 0 Å². The summed E-state index contributed by atoms with van der Waals surface area (Å²) in [7, 11) is 0. The van der Waals surface area contributed by atoms with Crippen LogP contribution in [0.4, 0.5) is 5.69 Å². The third kappa shape index (κ3) is 1.07. The lowest BCUT2D eigenvalue weighted by molar-refractivity contribution is 1.32. The fourth-order valence-corrected chi connectivity index (χ4v) is 1.52. The molecule has 1 aromatic rings. The predicted molar refractivity (Wildman–Crippen MR) is 52.9 cm³/mol. The molecule has 1 heterocycles. The number of benzene rings is 1. The minimum atomic E-state index is 0.914. The van der Waals surface area contributed by atoms with Crippen molar-refractivity contribution >= 4 is 17.0 Å². The van der Waals surface area contributed by atoms with Crippen LogP contribution in [-0.4, -0.2) is 5.71 Å². The Bertz CT molecular complexity index is 361. The number of rotatable bonds is 0. The minimum absolute atomic E-state index is 0.914. The molecule has 0 aromatic heterocycles. The molecule has 0 bridgehead atoms. The van der Waals surface area contributed by atoms with Crippen molar-refractivity contribution in [2.24, 2.45) is 4.99 Å². The Morgan fingerprint density at radius 2 is 2.08 bits per heavy atom. The van der Waals surface area contributed by atoms with Crippen molar-refractivity contribution in [3.05, 3.63) is 36.4 Å². The number of hydrogen-bond acceptors (Lipinski definition) is 1. The molecule has 0 saturated carbocycles. The molecule has 1 heteroatoms. The zero-order chi connectivity index (χ0) is 8.55. The highest BCUT2D eigenvalue weighted by Gasteiger charge is 2.10. The zero-order valence-electron chi connectivity index (χ0n) is 7.17. The van der Waals surface area contributed by atoms with E-state index in [0.29, 0.717) is 0 Å². The summed E-state index contributed by atoms with van der Waals surface area (Å²) in [6.45, 7) is 6.07. The Kier molecular flexibility index (Phi) is 1.58. The summed E-state index contributed by atoms with van der Waals surface area (Å²) in [5.41, 5.74) is 4.59. The van der Waals surface area contributed by atoms with Crippen LogP contribution in [0.3, 0.4) is 0 Å². The topological polar surface area (TPSA) is 12.4 Å². The lowest BCUT2D eigenvalue weighted by Gasteiger charge is -2.14. The van der Waals surface area contributed by atoms with Crippen LogP contribution in [0.25, 0.3) is 5.57 Å². The second-order valence-corrected chi connectivity index (χ2v) is 3.14. The van der Waals surface area contributed by atoms with Crippen LogP contribution in [0.2, 0.25) is 0 Å². The molecule has 0 N–H and O–H groups in total. The summed E-state index contributed by atoms with van der Waals surface area (Å²) < 4.78 is 0. The summed E-state index contributed by atoms with van der Waals surface area (Å²) in [5.74, 6) is 0. The van der Waals surface area contributed by atoms with E-state index in [1.54, 1.807) is 0 Å². The van der Waals surface area contributed by atoms with Gasteiger partial charge in [-0.1, -0.05) is 24.8 Å². The van der Waals surface area contributed by atoms with E-state index in [1.165, 1.54) is 11.1 Å². The molecular formula is C11H11N. The molecule has 0 radical (unpaired) electrons. The molecule has 0 unspecified atom stereocenters. The van der Waals surface area contributed by atoms with Gasteiger partial charge in [0.05, 0.1) is 5.69 Å². The van der Waals surface area contributed by atoms with E-state index >= 15 is 0 Å². The number of aliphatic imine (C=N–C) groups is 1. The normalized spacial score (nSPS) is 15.4. The minimum Gasteiger partial charge on any atom is -0.257 e. The number of nitrogens with zero attached hydrogens (tertiary/aromatic N) is 1. The SMILES string of the molecule is C=C1CC(C)=Nc2ccccc21. The van der Waals surface area contributed by atoms with Crippen molar-refractivity contribution in [2.45, 2.75) is 13.3 Å². The van der Waals surface area contributed by atoms with Gasteiger partial charge < -0.3 is 0 Å². The van der Waals surface area contributed by atoms with Crippen LogP contribution < -0.4 is 0 Å². The smallest absolute Gasteiger partial charge is 0.0704 e. The van der Waals surface area contributed by atoms with Gasteiger partial charge >= 0.3 is 0 Å². The standard InChI is InChI=1S/C11H11N/c1-8-7-9(2)12-11-6-4-3-5-10(8)11/h3-6H,1,7H2,2H3. The van der Waals surface area contributed by atoms with E-state index in [4.69, 9.17) is 0 Å². The molecule has 0 spiro atoms. The predicted octanol–water partition coefficient (Wildman–Crippen LogP) is 3.20. The molecule has 0 fully saturated rings. The Morgan fingerprint density at radius 1 is 1.33 bits per heavy atom. The Balaban J connectivity index is 2.62. The first-order chi connectivity index (χ1) is 5.77. The number of fused-ring (bicyclic) bond motifs is 1. The molecule has 12 heavy (non-hydrogen) atoms. The lowest BCUT2D eigenvalue weighted by Crippen LogP contribution is -1.99. The van der Waals surface area contributed by atoms with Crippen LogP contribution in [0.15, 0.2) is 35.8 Å². The number of allylic oxidation sites excluding steroid dienone is 1. The lowest BCUT2D eigenvalue weighted by atomic mass is 9.98. The van der Waals surface area contributed by atoms with Crippen LogP contribution in [0.1, 0.15) is 18.9 Å². The van der Waals surface area contributed by atoms with Gasteiger partial charge in [-0.2, -0.15) is 0 Å². The summed E-state index contributed by atoms with van der Waals surface area (Å²) >= 11 is 0. The van der Waals surface area contributed by atoms with Gasteiger partial charge in [0.2, 0.25) is 0 Å². The second-order valence-electron chi connectivity index (χ2n) is 3.14. The first-order valence-corrected chi connectivity index (χ1v) is 4.09. The number of para-hydroxylation sites is 1. The van der Waals surface area contributed by atoms with E-state index in [0.717, 1.165) is 17.8 Å². The maximum atomic E-state index is 4.45. The highest BCUT2D eigenvalue weighted by atomic mass is 14.8. The van der Waals surface area contributed by atoms with E-state index in [9.17, 15) is 0 Å². The summed E-state index contributed by atoms with van der Waals surface area (Å²) in [4.78, 5) is 4.45. The molecule has 0 atom stereocenters. The highest BCUT2D eigenvalue weighted by molar-refractivity contribution is 5.99. The average molecular weight is 157 g/mol. The monoisotopic (exact) mass is 157 g/mol. The van der Waals surface area contributed by atoms with Crippen molar-refractivity contribution < 1.29 is 0 Å². The Hall–Kier alpha value is -1.37.